The van der Waals surface area contributed by atoms with Gasteiger partial charge in [-0.2, -0.15) is 0 Å². The largest absolute Gasteiger partial charge is 0.452 e. The lowest BCUT2D eigenvalue weighted by atomic mass is 9.82. The summed E-state index contributed by atoms with van der Waals surface area (Å²) in [5.74, 6) is -1.13. The summed E-state index contributed by atoms with van der Waals surface area (Å²) in [6.45, 7) is 6.19. The third-order valence-corrected chi connectivity index (χ3v) is 5.88. The van der Waals surface area contributed by atoms with E-state index in [1.165, 1.54) is 6.92 Å². The van der Waals surface area contributed by atoms with Gasteiger partial charge < -0.3 is 19.7 Å². The second-order valence-electron chi connectivity index (χ2n) is 8.41. The molecule has 1 saturated carbocycles. The van der Waals surface area contributed by atoms with Gasteiger partial charge in [-0.05, 0) is 33.6 Å². The van der Waals surface area contributed by atoms with E-state index in [0.717, 1.165) is 24.2 Å². The molecule has 0 radical (unpaired) electrons. The van der Waals surface area contributed by atoms with Crippen molar-refractivity contribution in [2.24, 2.45) is 0 Å². The number of amides is 4. The van der Waals surface area contributed by atoms with E-state index in [2.05, 4.69) is 5.32 Å². The lowest BCUT2D eigenvalue weighted by Crippen LogP contribution is -2.51. The Morgan fingerprint density at radius 3 is 2.41 bits per heavy atom. The molecule has 0 aromatic rings. The molecule has 3 atom stereocenters. The Balaban J connectivity index is 1.48. The number of carbonyl (C=O) groups excluding carboxylic acids is 4. The van der Waals surface area contributed by atoms with Crippen LogP contribution >= 0.6 is 0 Å². The molecule has 3 rings (SSSR count). The molecule has 2 aliphatic heterocycles. The van der Waals surface area contributed by atoms with Crippen LogP contribution in [0.5, 0.6) is 0 Å². The van der Waals surface area contributed by atoms with Gasteiger partial charge >= 0.3 is 12.0 Å². The van der Waals surface area contributed by atoms with Gasteiger partial charge in [-0.3, -0.25) is 19.3 Å². The highest BCUT2D eigenvalue weighted by atomic mass is 16.5. The van der Waals surface area contributed by atoms with Crippen LogP contribution in [0.2, 0.25) is 0 Å². The number of nitrogens with zero attached hydrogens (tertiary/aromatic N) is 2. The van der Waals surface area contributed by atoms with E-state index in [-0.39, 0.29) is 37.0 Å². The van der Waals surface area contributed by atoms with Crippen LogP contribution in [0.15, 0.2) is 0 Å². The Morgan fingerprint density at radius 1 is 1.17 bits per heavy atom. The van der Waals surface area contributed by atoms with Gasteiger partial charge in [0.25, 0.3) is 11.8 Å². The average Bonchev–Trinajstić information content (AvgIpc) is 2.88. The van der Waals surface area contributed by atoms with Gasteiger partial charge in [0, 0.05) is 19.6 Å². The third kappa shape index (κ3) is 4.71. The summed E-state index contributed by atoms with van der Waals surface area (Å²) in [7, 11) is 0. The molecule has 29 heavy (non-hydrogen) atoms. The minimum absolute atomic E-state index is 0.0439. The van der Waals surface area contributed by atoms with Crippen LogP contribution in [0.4, 0.5) is 4.79 Å². The minimum Gasteiger partial charge on any atom is -0.452 e. The Bertz CT molecular complexity index is 665. The molecule has 4 amide bonds. The zero-order valence-corrected chi connectivity index (χ0v) is 17.4. The summed E-state index contributed by atoms with van der Waals surface area (Å²) >= 11 is 0. The molecule has 9 nitrogen and oxygen atoms in total. The van der Waals surface area contributed by atoms with Crippen molar-refractivity contribution in [2.45, 2.75) is 83.1 Å². The number of hydrogen-bond donors (Lipinski definition) is 1. The van der Waals surface area contributed by atoms with Crippen molar-refractivity contribution in [1.29, 1.82) is 0 Å². The van der Waals surface area contributed by atoms with E-state index in [0.29, 0.717) is 25.9 Å². The molecule has 0 bridgehead atoms. The molecule has 162 valence electrons. The van der Waals surface area contributed by atoms with Gasteiger partial charge in [0.05, 0.1) is 18.6 Å². The van der Waals surface area contributed by atoms with Crippen LogP contribution < -0.4 is 5.32 Å². The smallest absolute Gasteiger partial charge is 0.325 e. The van der Waals surface area contributed by atoms with Gasteiger partial charge in [-0.25, -0.2) is 4.79 Å². The molecule has 1 N–H and O–H groups in total. The monoisotopic (exact) mass is 409 g/mol. The van der Waals surface area contributed by atoms with Crippen molar-refractivity contribution in [2.75, 3.05) is 19.6 Å². The number of morpholine rings is 1. The summed E-state index contributed by atoms with van der Waals surface area (Å²) in [5.41, 5.74) is -0.799. The lowest BCUT2D eigenvalue weighted by molar-refractivity contribution is -0.164. The first-order chi connectivity index (χ1) is 13.7. The molecule has 3 aliphatic rings. The van der Waals surface area contributed by atoms with Crippen molar-refractivity contribution in [3.05, 3.63) is 0 Å². The summed E-state index contributed by atoms with van der Waals surface area (Å²) < 4.78 is 10.9. The molecule has 1 aliphatic carbocycles. The summed E-state index contributed by atoms with van der Waals surface area (Å²) in [5, 5.41) is 2.82. The number of esters is 1. The first-order valence-electron chi connectivity index (χ1n) is 10.5. The van der Waals surface area contributed by atoms with Gasteiger partial charge in [-0.1, -0.05) is 19.3 Å². The van der Waals surface area contributed by atoms with Crippen molar-refractivity contribution < 1.29 is 28.7 Å². The van der Waals surface area contributed by atoms with Gasteiger partial charge in [0.2, 0.25) is 0 Å². The Labute approximate surface area is 171 Å². The molecular formula is C20H31N3O6. The quantitative estimate of drug-likeness (QED) is 0.540. The SMILES string of the molecule is CC1CN(C(=O)C(C)OC(=O)CCN2C(=O)NC3(CCCCC3)C2=O)CC(C)O1. The summed E-state index contributed by atoms with van der Waals surface area (Å²) in [4.78, 5) is 52.5. The van der Waals surface area contributed by atoms with Crippen molar-refractivity contribution in [3.8, 4) is 0 Å². The van der Waals surface area contributed by atoms with Crippen molar-refractivity contribution in [1.82, 2.24) is 15.1 Å². The van der Waals surface area contributed by atoms with Gasteiger partial charge in [0.1, 0.15) is 5.54 Å². The summed E-state index contributed by atoms with van der Waals surface area (Å²) in [6.07, 6.45) is 2.94. The number of urea groups is 1. The predicted molar refractivity (Wildman–Crippen MR) is 103 cm³/mol. The van der Waals surface area contributed by atoms with E-state index >= 15 is 0 Å². The number of nitrogens with one attached hydrogen (secondary N) is 1. The second-order valence-corrected chi connectivity index (χ2v) is 8.41. The molecule has 2 heterocycles. The molecule has 9 heteroatoms. The van der Waals surface area contributed by atoms with E-state index in [9.17, 15) is 19.2 Å². The standard InChI is InChI=1S/C20H31N3O6/c1-13-11-22(12-14(2)28-13)17(25)15(3)29-16(24)7-10-23-18(26)20(21-19(23)27)8-5-4-6-9-20/h13-15H,4-12H2,1-3H3,(H,21,27). The maximum absolute atomic E-state index is 12.7. The number of hydrogen-bond acceptors (Lipinski definition) is 6. The Hall–Kier alpha value is -2.16. The molecule has 2 saturated heterocycles. The maximum atomic E-state index is 12.7. The normalized spacial score (nSPS) is 27.7. The number of ether oxygens (including phenoxy) is 2. The third-order valence-electron chi connectivity index (χ3n) is 5.88. The van der Waals surface area contributed by atoms with Crippen LogP contribution in [-0.4, -0.2) is 77.1 Å². The molecule has 1 spiro atoms. The summed E-state index contributed by atoms with van der Waals surface area (Å²) in [6, 6.07) is -0.454. The van der Waals surface area contributed by atoms with Crippen LogP contribution in [0.3, 0.4) is 0 Å². The van der Waals surface area contributed by atoms with E-state index in [1.54, 1.807) is 4.90 Å². The minimum atomic E-state index is -0.923. The maximum Gasteiger partial charge on any atom is 0.325 e. The fraction of sp³-hybridized carbons (Fsp3) is 0.800. The van der Waals surface area contributed by atoms with Crippen molar-refractivity contribution in [3.63, 3.8) is 0 Å². The van der Waals surface area contributed by atoms with Crippen LogP contribution in [0.25, 0.3) is 0 Å². The van der Waals surface area contributed by atoms with E-state index < -0.39 is 23.6 Å². The zero-order chi connectivity index (χ0) is 21.2. The molecule has 0 aromatic carbocycles. The topological polar surface area (TPSA) is 105 Å². The Morgan fingerprint density at radius 2 is 1.79 bits per heavy atom. The van der Waals surface area contributed by atoms with Gasteiger partial charge in [0.15, 0.2) is 6.10 Å². The lowest BCUT2D eigenvalue weighted by Gasteiger charge is -2.36. The first kappa shape index (κ1) is 21.5. The van der Waals surface area contributed by atoms with Crippen LogP contribution in [0.1, 0.15) is 59.3 Å². The average molecular weight is 409 g/mol. The first-order valence-corrected chi connectivity index (χ1v) is 10.5. The highest BCUT2D eigenvalue weighted by molar-refractivity contribution is 6.07. The fourth-order valence-corrected chi connectivity index (χ4v) is 4.50. The fourth-order valence-electron chi connectivity index (χ4n) is 4.50. The molecule has 0 aromatic heterocycles. The van der Waals surface area contributed by atoms with Crippen LogP contribution in [-0.2, 0) is 23.9 Å². The number of imide groups is 1. The van der Waals surface area contributed by atoms with E-state index in [4.69, 9.17) is 9.47 Å². The number of carbonyl (C=O) groups is 4. The Kier molecular flexibility index (Phi) is 6.45. The second kappa shape index (κ2) is 8.69. The number of rotatable bonds is 5. The molecular weight excluding hydrogens is 378 g/mol. The van der Waals surface area contributed by atoms with Crippen LogP contribution in [0, 0.1) is 0 Å². The highest BCUT2D eigenvalue weighted by Gasteiger charge is 2.51. The van der Waals surface area contributed by atoms with Gasteiger partial charge in [-0.15, -0.1) is 0 Å². The molecule has 3 fully saturated rings. The predicted octanol–water partition coefficient (Wildman–Crippen LogP) is 1.20. The highest BCUT2D eigenvalue weighted by Crippen LogP contribution is 2.33. The van der Waals surface area contributed by atoms with E-state index in [1.807, 2.05) is 13.8 Å². The van der Waals surface area contributed by atoms with Crippen molar-refractivity contribution >= 4 is 23.8 Å². The zero-order valence-electron chi connectivity index (χ0n) is 17.4. The molecule has 3 unspecified atom stereocenters.